The summed E-state index contributed by atoms with van der Waals surface area (Å²) in [5, 5.41) is 2.99. The fraction of sp³-hybridized carbons (Fsp3) is 0.889. The van der Waals surface area contributed by atoms with Crippen molar-refractivity contribution in [3.63, 3.8) is 0 Å². The van der Waals surface area contributed by atoms with E-state index in [0.717, 1.165) is 6.54 Å². The standard InChI is InChI=1S/C9H21N3O/c1-7(2)8(10)9(13)12(4)6-5-11-3/h7-8,11H,5-6,10H2,1-4H3/t8-/m1/s1. The summed E-state index contributed by atoms with van der Waals surface area (Å²) < 4.78 is 0. The molecule has 0 aromatic carbocycles. The smallest absolute Gasteiger partial charge is 0.239 e. The highest BCUT2D eigenvalue weighted by Gasteiger charge is 2.20. The van der Waals surface area contributed by atoms with Crippen LogP contribution in [-0.4, -0.2) is 44.0 Å². The summed E-state index contributed by atoms with van der Waals surface area (Å²) in [6, 6.07) is -0.373. The Kier molecular flexibility index (Phi) is 5.66. The predicted molar refractivity (Wildman–Crippen MR) is 54.4 cm³/mol. The maximum absolute atomic E-state index is 11.6. The molecule has 0 aliphatic carbocycles. The van der Waals surface area contributed by atoms with Crippen LogP contribution in [0.1, 0.15) is 13.8 Å². The molecule has 13 heavy (non-hydrogen) atoms. The van der Waals surface area contributed by atoms with Crippen LogP contribution in [0.2, 0.25) is 0 Å². The lowest BCUT2D eigenvalue weighted by Gasteiger charge is -2.23. The number of hydrogen-bond donors (Lipinski definition) is 2. The second-order valence-electron chi connectivity index (χ2n) is 3.63. The van der Waals surface area contributed by atoms with Gasteiger partial charge < -0.3 is 16.0 Å². The molecule has 0 saturated heterocycles. The number of carbonyl (C=O) groups excluding carboxylic acids is 1. The van der Waals surface area contributed by atoms with E-state index < -0.39 is 0 Å². The summed E-state index contributed by atoms with van der Waals surface area (Å²) in [7, 11) is 3.64. The zero-order valence-electron chi connectivity index (χ0n) is 9.00. The third-order valence-corrected chi connectivity index (χ3v) is 2.08. The fourth-order valence-electron chi connectivity index (χ4n) is 0.929. The molecule has 0 spiro atoms. The lowest BCUT2D eigenvalue weighted by molar-refractivity contribution is -0.132. The molecule has 0 fully saturated rings. The molecular weight excluding hydrogens is 166 g/mol. The molecule has 78 valence electrons. The second kappa shape index (κ2) is 5.94. The van der Waals surface area contributed by atoms with Crippen LogP contribution >= 0.6 is 0 Å². The summed E-state index contributed by atoms with van der Waals surface area (Å²) in [6.07, 6.45) is 0. The van der Waals surface area contributed by atoms with E-state index in [4.69, 9.17) is 5.73 Å². The van der Waals surface area contributed by atoms with Gasteiger partial charge in [-0.15, -0.1) is 0 Å². The molecule has 1 amide bonds. The third-order valence-electron chi connectivity index (χ3n) is 2.08. The van der Waals surface area contributed by atoms with E-state index in [1.807, 2.05) is 20.9 Å². The molecular formula is C9H21N3O. The summed E-state index contributed by atoms with van der Waals surface area (Å²) in [5.41, 5.74) is 5.72. The molecule has 0 aromatic rings. The second-order valence-corrected chi connectivity index (χ2v) is 3.63. The van der Waals surface area contributed by atoms with Gasteiger partial charge in [0.05, 0.1) is 6.04 Å². The van der Waals surface area contributed by atoms with Gasteiger partial charge in [0.15, 0.2) is 0 Å². The number of nitrogens with zero attached hydrogens (tertiary/aromatic N) is 1. The molecule has 0 unspecified atom stereocenters. The van der Waals surface area contributed by atoms with E-state index in [-0.39, 0.29) is 17.9 Å². The molecule has 0 saturated carbocycles. The molecule has 4 heteroatoms. The van der Waals surface area contributed by atoms with Crippen molar-refractivity contribution >= 4 is 5.91 Å². The van der Waals surface area contributed by atoms with Gasteiger partial charge in [-0.1, -0.05) is 13.8 Å². The number of hydrogen-bond acceptors (Lipinski definition) is 3. The number of nitrogens with one attached hydrogen (secondary N) is 1. The lowest BCUT2D eigenvalue weighted by Crippen LogP contribution is -2.46. The van der Waals surface area contributed by atoms with Gasteiger partial charge in [0.25, 0.3) is 0 Å². The Balaban J connectivity index is 3.94. The molecule has 0 rings (SSSR count). The SMILES string of the molecule is CNCCN(C)C(=O)[C@H](N)C(C)C. The molecule has 0 aromatic heterocycles. The number of amides is 1. The highest BCUT2D eigenvalue weighted by atomic mass is 16.2. The summed E-state index contributed by atoms with van der Waals surface area (Å²) >= 11 is 0. The van der Waals surface area contributed by atoms with Crippen LogP contribution in [0.4, 0.5) is 0 Å². The van der Waals surface area contributed by atoms with Crippen molar-refractivity contribution in [1.29, 1.82) is 0 Å². The number of carbonyl (C=O) groups is 1. The topological polar surface area (TPSA) is 58.4 Å². The van der Waals surface area contributed by atoms with Crippen LogP contribution < -0.4 is 11.1 Å². The highest BCUT2D eigenvalue weighted by Crippen LogP contribution is 2.01. The largest absolute Gasteiger partial charge is 0.343 e. The highest BCUT2D eigenvalue weighted by molar-refractivity contribution is 5.81. The molecule has 0 aliphatic heterocycles. The van der Waals surface area contributed by atoms with E-state index in [0.29, 0.717) is 6.54 Å². The first-order valence-corrected chi connectivity index (χ1v) is 4.65. The molecule has 0 radical (unpaired) electrons. The van der Waals surface area contributed by atoms with Crippen molar-refractivity contribution in [2.24, 2.45) is 11.7 Å². The Hall–Kier alpha value is -0.610. The monoisotopic (exact) mass is 187 g/mol. The fourth-order valence-corrected chi connectivity index (χ4v) is 0.929. The van der Waals surface area contributed by atoms with Crippen molar-refractivity contribution in [2.75, 3.05) is 27.2 Å². The van der Waals surface area contributed by atoms with Crippen LogP contribution in [0, 0.1) is 5.92 Å². The van der Waals surface area contributed by atoms with Crippen LogP contribution in [-0.2, 0) is 4.79 Å². The zero-order valence-corrected chi connectivity index (χ0v) is 9.00. The van der Waals surface area contributed by atoms with Gasteiger partial charge in [0.1, 0.15) is 0 Å². The molecule has 1 atom stereocenters. The molecule has 0 heterocycles. The van der Waals surface area contributed by atoms with Crippen molar-refractivity contribution in [2.45, 2.75) is 19.9 Å². The lowest BCUT2D eigenvalue weighted by atomic mass is 10.0. The normalized spacial score (nSPS) is 13.1. The molecule has 3 N–H and O–H groups in total. The van der Waals surface area contributed by atoms with Gasteiger partial charge in [0, 0.05) is 20.1 Å². The Labute approximate surface area is 80.5 Å². The summed E-state index contributed by atoms with van der Waals surface area (Å²) in [6.45, 7) is 5.41. The number of rotatable bonds is 5. The van der Waals surface area contributed by atoms with Crippen molar-refractivity contribution in [3.05, 3.63) is 0 Å². The van der Waals surface area contributed by atoms with Gasteiger partial charge in [-0.3, -0.25) is 4.79 Å². The minimum Gasteiger partial charge on any atom is -0.343 e. The van der Waals surface area contributed by atoms with E-state index in [1.54, 1.807) is 11.9 Å². The first-order valence-electron chi connectivity index (χ1n) is 4.65. The van der Waals surface area contributed by atoms with Gasteiger partial charge in [0.2, 0.25) is 5.91 Å². The summed E-state index contributed by atoms with van der Waals surface area (Å²) in [4.78, 5) is 13.2. The van der Waals surface area contributed by atoms with E-state index >= 15 is 0 Å². The Bertz CT molecular complexity index is 159. The van der Waals surface area contributed by atoms with E-state index in [9.17, 15) is 4.79 Å². The maximum Gasteiger partial charge on any atom is 0.239 e. The van der Waals surface area contributed by atoms with Gasteiger partial charge >= 0.3 is 0 Å². The Morgan fingerprint density at radius 3 is 2.46 bits per heavy atom. The average Bonchev–Trinajstić information content (AvgIpc) is 2.11. The van der Waals surface area contributed by atoms with E-state index in [2.05, 4.69) is 5.32 Å². The van der Waals surface area contributed by atoms with Gasteiger partial charge in [-0.2, -0.15) is 0 Å². The van der Waals surface area contributed by atoms with Crippen LogP contribution in [0.5, 0.6) is 0 Å². The van der Waals surface area contributed by atoms with Crippen LogP contribution in [0.3, 0.4) is 0 Å². The number of likely N-dealkylation sites (N-methyl/N-ethyl adjacent to an activating group) is 2. The van der Waals surface area contributed by atoms with Crippen molar-refractivity contribution in [3.8, 4) is 0 Å². The zero-order chi connectivity index (χ0) is 10.4. The number of nitrogens with two attached hydrogens (primary N) is 1. The predicted octanol–water partition coefficient (Wildman–Crippen LogP) is -0.352. The Morgan fingerprint density at radius 1 is 1.54 bits per heavy atom. The Morgan fingerprint density at radius 2 is 2.08 bits per heavy atom. The van der Waals surface area contributed by atoms with Crippen molar-refractivity contribution < 1.29 is 4.79 Å². The van der Waals surface area contributed by atoms with Crippen LogP contribution in [0.25, 0.3) is 0 Å². The molecule has 0 bridgehead atoms. The van der Waals surface area contributed by atoms with Crippen molar-refractivity contribution in [1.82, 2.24) is 10.2 Å². The first-order chi connectivity index (χ1) is 6.00. The minimum absolute atomic E-state index is 0.0188. The maximum atomic E-state index is 11.6. The van der Waals surface area contributed by atoms with Gasteiger partial charge in [-0.05, 0) is 13.0 Å². The molecule has 0 aliphatic rings. The first kappa shape index (κ1) is 12.4. The van der Waals surface area contributed by atoms with E-state index in [1.165, 1.54) is 0 Å². The summed E-state index contributed by atoms with van der Waals surface area (Å²) in [5.74, 6) is 0.217. The van der Waals surface area contributed by atoms with Gasteiger partial charge in [-0.25, -0.2) is 0 Å². The molecule has 4 nitrogen and oxygen atoms in total. The third kappa shape index (κ3) is 4.24. The van der Waals surface area contributed by atoms with Crippen LogP contribution in [0.15, 0.2) is 0 Å². The quantitative estimate of drug-likeness (QED) is 0.618. The average molecular weight is 187 g/mol. The minimum atomic E-state index is -0.373.